The second-order valence-electron chi connectivity index (χ2n) is 3.57. The Kier molecular flexibility index (Phi) is 2.70. The van der Waals surface area contributed by atoms with E-state index in [0.29, 0.717) is 24.0 Å². The largest absolute Gasteiger partial charge is 0.359 e. The molecule has 15 heavy (non-hydrogen) atoms. The fourth-order valence-electron chi connectivity index (χ4n) is 1.72. The fraction of sp³-hybridized carbons (Fsp3) is 0.273. The Morgan fingerprint density at radius 3 is 3.00 bits per heavy atom. The minimum atomic E-state index is -0.186. The quantitative estimate of drug-likeness (QED) is 0.758. The first kappa shape index (κ1) is 10.1. The van der Waals surface area contributed by atoms with Gasteiger partial charge in [0.05, 0.1) is 6.61 Å². The molecule has 80 valence electrons. The van der Waals surface area contributed by atoms with Crippen molar-refractivity contribution in [1.82, 2.24) is 4.98 Å². The van der Waals surface area contributed by atoms with Gasteiger partial charge in [0, 0.05) is 23.0 Å². The molecular weight excluding hydrogens is 195 g/mol. The lowest BCUT2D eigenvalue weighted by molar-refractivity contribution is 0.140. The van der Waals surface area contributed by atoms with E-state index in [1.807, 2.05) is 13.0 Å². The molecule has 2 rings (SSSR count). The number of rotatable bonds is 3. The monoisotopic (exact) mass is 208 g/mol. The summed E-state index contributed by atoms with van der Waals surface area (Å²) in [6, 6.07) is 5.43. The Bertz CT molecular complexity index is 479. The van der Waals surface area contributed by atoms with Crippen molar-refractivity contribution < 1.29 is 9.23 Å². The Labute approximate surface area is 87.0 Å². The van der Waals surface area contributed by atoms with E-state index in [9.17, 15) is 4.39 Å². The van der Waals surface area contributed by atoms with Crippen LogP contribution in [0.3, 0.4) is 0 Å². The van der Waals surface area contributed by atoms with Gasteiger partial charge in [0.1, 0.15) is 5.82 Å². The van der Waals surface area contributed by atoms with E-state index >= 15 is 0 Å². The van der Waals surface area contributed by atoms with E-state index in [2.05, 4.69) is 9.82 Å². The zero-order chi connectivity index (χ0) is 10.8. The molecule has 0 aliphatic rings. The molecule has 0 unspecified atom stereocenters. The summed E-state index contributed by atoms with van der Waals surface area (Å²) in [5, 5.41) is 0.627. The molecule has 0 saturated heterocycles. The van der Waals surface area contributed by atoms with Crippen LogP contribution in [0.4, 0.5) is 4.39 Å². The van der Waals surface area contributed by atoms with Crippen LogP contribution in [-0.2, 0) is 11.3 Å². The van der Waals surface area contributed by atoms with E-state index < -0.39 is 0 Å². The highest BCUT2D eigenvalue weighted by Gasteiger charge is 2.08. The van der Waals surface area contributed by atoms with Crippen molar-refractivity contribution in [3.63, 3.8) is 0 Å². The fourth-order valence-corrected chi connectivity index (χ4v) is 1.72. The summed E-state index contributed by atoms with van der Waals surface area (Å²) in [7, 11) is 0. The molecule has 0 amide bonds. The van der Waals surface area contributed by atoms with Crippen LogP contribution in [0, 0.1) is 12.7 Å². The first-order chi connectivity index (χ1) is 7.22. The lowest BCUT2D eigenvalue weighted by atomic mass is 10.1. The van der Waals surface area contributed by atoms with Gasteiger partial charge in [-0.25, -0.2) is 10.3 Å². The second-order valence-corrected chi connectivity index (χ2v) is 3.57. The topological polar surface area (TPSA) is 51.0 Å². The molecule has 4 heteroatoms. The maximum atomic E-state index is 13.9. The lowest BCUT2D eigenvalue weighted by Crippen LogP contribution is -2.05. The van der Waals surface area contributed by atoms with Gasteiger partial charge in [-0.05, 0) is 24.6 Å². The van der Waals surface area contributed by atoms with E-state index in [1.165, 1.54) is 0 Å². The van der Waals surface area contributed by atoms with Crippen LogP contribution < -0.4 is 5.90 Å². The number of fused-ring (bicyclic) bond motifs is 1. The van der Waals surface area contributed by atoms with E-state index in [1.54, 1.807) is 12.1 Å². The molecule has 0 saturated carbocycles. The first-order valence-corrected chi connectivity index (χ1v) is 4.80. The van der Waals surface area contributed by atoms with Crippen LogP contribution in [0.5, 0.6) is 0 Å². The smallest absolute Gasteiger partial charge is 0.135 e. The maximum absolute atomic E-state index is 13.9. The number of nitrogens with two attached hydrogens (primary N) is 1. The molecule has 0 fully saturated rings. The highest BCUT2D eigenvalue weighted by Crippen LogP contribution is 2.22. The third-order valence-electron chi connectivity index (χ3n) is 2.44. The van der Waals surface area contributed by atoms with Crippen molar-refractivity contribution in [2.24, 2.45) is 5.90 Å². The van der Waals surface area contributed by atoms with Gasteiger partial charge in [-0.2, -0.15) is 0 Å². The zero-order valence-electron chi connectivity index (χ0n) is 8.51. The van der Waals surface area contributed by atoms with E-state index in [-0.39, 0.29) is 5.82 Å². The summed E-state index contributed by atoms with van der Waals surface area (Å²) in [6.45, 7) is 2.23. The number of halogens is 1. The minimum Gasteiger partial charge on any atom is -0.359 e. The number of aromatic amines is 1. The summed E-state index contributed by atoms with van der Waals surface area (Å²) in [5.41, 5.74) is 2.41. The summed E-state index contributed by atoms with van der Waals surface area (Å²) < 4.78 is 13.9. The van der Waals surface area contributed by atoms with Gasteiger partial charge in [-0.15, -0.1) is 0 Å². The van der Waals surface area contributed by atoms with Gasteiger partial charge in [0.2, 0.25) is 0 Å². The predicted molar refractivity (Wildman–Crippen MR) is 56.8 cm³/mol. The predicted octanol–water partition coefficient (Wildman–Crippen LogP) is 2.05. The molecule has 1 heterocycles. The third-order valence-corrected chi connectivity index (χ3v) is 2.44. The number of nitrogens with one attached hydrogen (secondary N) is 1. The zero-order valence-corrected chi connectivity index (χ0v) is 8.51. The molecule has 0 aliphatic heterocycles. The molecule has 0 atom stereocenters. The maximum Gasteiger partial charge on any atom is 0.135 e. The molecular formula is C11H13FN2O. The molecule has 1 aromatic carbocycles. The lowest BCUT2D eigenvalue weighted by Gasteiger charge is -2.02. The van der Waals surface area contributed by atoms with Gasteiger partial charge < -0.3 is 9.82 Å². The van der Waals surface area contributed by atoms with Gasteiger partial charge in [-0.3, -0.25) is 0 Å². The molecule has 1 aromatic heterocycles. The van der Waals surface area contributed by atoms with Gasteiger partial charge in [0.15, 0.2) is 0 Å². The van der Waals surface area contributed by atoms with Crippen molar-refractivity contribution >= 4 is 10.9 Å². The van der Waals surface area contributed by atoms with Crippen LogP contribution in [0.1, 0.15) is 11.3 Å². The Hall–Kier alpha value is -1.39. The molecule has 0 radical (unpaired) electrons. The highest BCUT2D eigenvalue weighted by atomic mass is 19.1. The Morgan fingerprint density at radius 1 is 1.47 bits per heavy atom. The standard InChI is InChI=1S/C11H13FN2O/c1-7-6-9-10(14-7)3-2-8(11(9)12)4-5-15-13/h2-3,6,14H,4-5,13H2,1H3. The van der Waals surface area contributed by atoms with Crippen molar-refractivity contribution in [2.45, 2.75) is 13.3 Å². The van der Waals surface area contributed by atoms with Crippen LogP contribution in [0.25, 0.3) is 10.9 Å². The molecule has 2 aromatic rings. The highest BCUT2D eigenvalue weighted by molar-refractivity contribution is 5.81. The molecule has 0 spiro atoms. The minimum absolute atomic E-state index is 0.186. The van der Waals surface area contributed by atoms with E-state index in [0.717, 1.165) is 11.2 Å². The van der Waals surface area contributed by atoms with Crippen molar-refractivity contribution in [2.75, 3.05) is 6.61 Å². The number of aryl methyl sites for hydroxylation is 1. The average molecular weight is 208 g/mol. The van der Waals surface area contributed by atoms with Gasteiger partial charge in [0.25, 0.3) is 0 Å². The van der Waals surface area contributed by atoms with E-state index in [4.69, 9.17) is 5.90 Å². The van der Waals surface area contributed by atoms with Gasteiger partial charge in [-0.1, -0.05) is 6.07 Å². The normalized spacial score (nSPS) is 11.1. The second kappa shape index (κ2) is 4.00. The number of hydrogen-bond acceptors (Lipinski definition) is 2. The first-order valence-electron chi connectivity index (χ1n) is 4.80. The van der Waals surface area contributed by atoms with Crippen molar-refractivity contribution in [3.05, 3.63) is 35.3 Å². The summed E-state index contributed by atoms with van der Waals surface area (Å²) >= 11 is 0. The molecule has 3 N–H and O–H groups in total. The summed E-state index contributed by atoms with van der Waals surface area (Å²) in [6.07, 6.45) is 0.489. The van der Waals surface area contributed by atoms with Gasteiger partial charge >= 0.3 is 0 Å². The van der Waals surface area contributed by atoms with Crippen LogP contribution in [0.15, 0.2) is 18.2 Å². The van der Waals surface area contributed by atoms with Crippen LogP contribution >= 0.6 is 0 Å². The number of benzene rings is 1. The number of aromatic nitrogens is 1. The summed E-state index contributed by atoms with van der Waals surface area (Å²) in [4.78, 5) is 7.53. The summed E-state index contributed by atoms with van der Waals surface area (Å²) in [5.74, 6) is 4.73. The Morgan fingerprint density at radius 2 is 2.27 bits per heavy atom. The molecule has 0 bridgehead atoms. The SMILES string of the molecule is Cc1cc2c(F)c(CCON)ccc2[nH]1. The number of hydrogen-bond donors (Lipinski definition) is 2. The molecule has 3 nitrogen and oxygen atoms in total. The third kappa shape index (κ3) is 1.86. The number of H-pyrrole nitrogens is 1. The van der Waals surface area contributed by atoms with Crippen molar-refractivity contribution in [1.29, 1.82) is 0 Å². The molecule has 0 aliphatic carbocycles. The van der Waals surface area contributed by atoms with Crippen LogP contribution in [0.2, 0.25) is 0 Å². The Balaban J connectivity index is 2.45. The average Bonchev–Trinajstić information content (AvgIpc) is 2.59. The van der Waals surface area contributed by atoms with Crippen molar-refractivity contribution in [3.8, 4) is 0 Å². The van der Waals surface area contributed by atoms with Crippen LogP contribution in [-0.4, -0.2) is 11.6 Å².